The van der Waals surface area contributed by atoms with E-state index in [2.05, 4.69) is 6.07 Å². The number of piperidine rings is 1. The Kier molecular flexibility index (Phi) is 4.41. The first-order chi connectivity index (χ1) is 12.6. The number of rotatable bonds is 3. The van der Waals surface area contributed by atoms with Gasteiger partial charge in [-0.2, -0.15) is 0 Å². The second kappa shape index (κ2) is 6.87. The molecule has 26 heavy (non-hydrogen) atoms. The summed E-state index contributed by atoms with van der Waals surface area (Å²) in [6.07, 6.45) is 4.02. The number of aromatic hydroxyl groups is 1. The molecule has 1 aliphatic heterocycles. The average molecular weight is 349 g/mol. The topological polar surface area (TPSA) is 53.7 Å². The Morgan fingerprint density at radius 1 is 1.15 bits per heavy atom. The van der Waals surface area contributed by atoms with Gasteiger partial charge in [-0.3, -0.25) is 4.79 Å². The van der Waals surface area contributed by atoms with Crippen molar-refractivity contribution in [3.05, 3.63) is 65.4 Å². The minimum Gasteiger partial charge on any atom is -0.508 e. The third kappa shape index (κ3) is 3.32. The van der Waals surface area contributed by atoms with Crippen molar-refractivity contribution < 1.29 is 14.3 Å². The molecule has 4 heteroatoms. The van der Waals surface area contributed by atoms with Crippen LogP contribution in [0, 0.1) is 6.92 Å². The number of hydrogen-bond acceptors (Lipinski definition) is 3. The summed E-state index contributed by atoms with van der Waals surface area (Å²) in [4.78, 5) is 14.7. The van der Waals surface area contributed by atoms with Crippen LogP contribution >= 0.6 is 0 Å². The molecule has 1 amide bonds. The van der Waals surface area contributed by atoms with Gasteiger partial charge in [0, 0.05) is 24.0 Å². The van der Waals surface area contributed by atoms with Gasteiger partial charge in [0.2, 0.25) is 5.91 Å². The highest BCUT2D eigenvalue weighted by Gasteiger charge is 2.24. The molecular formula is C22H23NO3. The van der Waals surface area contributed by atoms with E-state index in [1.807, 2.05) is 36.1 Å². The van der Waals surface area contributed by atoms with Gasteiger partial charge in [-0.15, -0.1) is 0 Å². The SMILES string of the molecule is Cc1ccc2c(CC(=O)N3CCC(c4ccc(O)cc4)CC3)coc2c1. The second-order valence-corrected chi connectivity index (χ2v) is 7.18. The van der Waals surface area contributed by atoms with Crippen molar-refractivity contribution >= 4 is 16.9 Å². The molecule has 1 fully saturated rings. The maximum absolute atomic E-state index is 12.7. The first-order valence-corrected chi connectivity index (χ1v) is 9.13. The molecule has 1 aromatic heterocycles. The maximum Gasteiger partial charge on any atom is 0.227 e. The van der Waals surface area contributed by atoms with Crippen LogP contribution in [0.2, 0.25) is 0 Å². The van der Waals surface area contributed by atoms with Crippen molar-refractivity contribution in [1.29, 1.82) is 0 Å². The van der Waals surface area contributed by atoms with Crippen LogP contribution in [-0.4, -0.2) is 29.0 Å². The van der Waals surface area contributed by atoms with E-state index >= 15 is 0 Å². The Balaban J connectivity index is 1.39. The van der Waals surface area contributed by atoms with Crippen LogP contribution in [0.1, 0.15) is 35.4 Å². The number of furan rings is 1. The minimum absolute atomic E-state index is 0.164. The van der Waals surface area contributed by atoms with Crippen molar-refractivity contribution in [3.8, 4) is 5.75 Å². The van der Waals surface area contributed by atoms with Crippen molar-refractivity contribution in [3.63, 3.8) is 0 Å². The predicted molar refractivity (Wildman–Crippen MR) is 101 cm³/mol. The van der Waals surface area contributed by atoms with Crippen LogP contribution < -0.4 is 0 Å². The molecule has 4 rings (SSSR count). The lowest BCUT2D eigenvalue weighted by Gasteiger charge is -2.32. The summed E-state index contributed by atoms with van der Waals surface area (Å²) in [7, 11) is 0. The zero-order valence-corrected chi connectivity index (χ0v) is 14.9. The Morgan fingerprint density at radius 2 is 1.88 bits per heavy atom. The Morgan fingerprint density at radius 3 is 2.62 bits per heavy atom. The van der Waals surface area contributed by atoms with E-state index in [0.717, 1.165) is 48.0 Å². The van der Waals surface area contributed by atoms with Gasteiger partial charge in [0.05, 0.1) is 12.7 Å². The molecule has 3 aromatic rings. The number of hydrogen-bond donors (Lipinski definition) is 1. The third-order valence-corrected chi connectivity index (χ3v) is 5.37. The summed E-state index contributed by atoms with van der Waals surface area (Å²) in [5.41, 5.74) is 4.21. The van der Waals surface area contributed by atoms with Crippen LogP contribution in [0.4, 0.5) is 0 Å². The number of phenolic OH excluding ortho intramolecular Hbond substituents is 1. The van der Waals surface area contributed by atoms with Gasteiger partial charge in [0.25, 0.3) is 0 Å². The van der Waals surface area contributed by atoms with Gasteiger partial charge in [0.15, 0.2) is 0 Å². The Hall–Kier alpha value is -2.75. The summed E-state index contributed by atoms with van der Waals surface area (Å²) >= 11 is 0. The van der Waals surface area contributed by atoms with E-state index in [0.29, 0.717) is 18.1 Å². The fourth-order valence-electron chi connectivity index (χ4n) is 3.81. The summed E-state index contributed by atoms with van der Waals surface area (Å²) in [6.45, 7) is 3.59. The van der Waals surface area contributed by atoms with Crippen molar-refractivity contribution in [1.82, 2.24) is 4.90 Å². The molecule has 0 saturated carbocycles. The van der Waals surface area contributed by atoms with E-state index in [9.17, 15) is 9.90 Å². The summed E-state index contributed by atoms with van der Waals surface area (Å²) < 4.78 is 5.61. The monoisotopic (exact) mass is 349 g/mol. The smallest absolute Gasteiger partial charge is 0.227 e. The fraction of sp³-hybridized carbons (Fsp3) is 0.318. The number of fused-ring (bicyclic) bond motifs is 1. The predicted octanol–water partition coefficient (Wildman–Crippen LogP) is 4.40. The molecule has 0 aliphatic carbocycles. The lowest BCUT2D eigenvalue weighted by molar-refractivity contribution is -0.131. The molecule has 1 aliphatic rings. The number of nitrogens with zero attached hydrogens (tertiary/aromatic N) is 1. The summed E-state index contributed by atoms with van der Waals surface area (Å²) in [5.74, 6) is 0.915. The van der Waals surface area contributed by atoms with E-state index < -0.39 is 0 Å². The third-order valence-electron chi connectivity index (χ3n) is 5.37. The van der Waals surface area contributed by atoms with Crippen molar-refractivity contribution in [2.45, 2.75) is 32.1 Å². The molecule has 2 aromatic carbocycles. The quantitative estimate of drug-likeness (QED) is 0.763. The van der Waals surface area contributed by atoms with Gasteiger partial charge >= 0.3 is 0 Å². The number of phenols is 1. The highest BCUT2D eigenvalue weighted by atomic mass is 16.3. The van der Waals surface area contributed by atoms with E-state index in [1.54, 1.807) is 18.4 Å². The highest BCUT2D eigenvalue weighted by molar-refractivity contribution is 5.88. The first-order valence-electron chi connectivity index (χ1n) is 9.13. The van der Waals surface area contributed by atoms with Crippen LogP contribution in [0.3, 0.4) is 0 Å². The molecule has 0 spiro atoms. The van der Waals surface area contributed by atoms with Gasteiger partial charge in [0.1, 0.15) is 11.3 Å². The summed E-state index contributed by atoms with van der Waals surface area (Å²) in [6, 6.07) is 13.5. The van der Waals surface area contributed by atoms with E-state index in [1.165, 1.54) is 5.56 Å². The summed E-state index contributed by atoms with van der Waals surface area (Å²) in [5, 5.41) is 10.5. The molecule has 0 atom stereocenters. The molecule has 1 saturated heterocycles. The minimum atomic E-state index is 0.164. The highest BCUT2D eigenvalue weighted by Crippen LogP contribution is 2.30. The first kappa shape index (κ1) is 16.7. The molecule has 0 bridgehead atoms. The lowest BCUT2D eigenvalue weighted by Crippen LogP contribution is -2.38. The number of amides is 1. The lowest BCUT2D eigenvalue weighted by atomic mass is 9.89. The molecular weight excluding hydrogens is 326 g/mol. The number of carbonyl (C=O) groups excluding carboxylic acids is 1. The molecule has 1 N–H and O–H groups in total. The van der Waals surface area contributed by atoms with E-state index in [-0.39, 0.29) is 5.91 Å². The number of benzene rings is 2. The molecule has 2 heterocycles. The number of likely N-dealkylation sites (tertiary alicyclic amines) is 1. The molecule has 0 unspecified atom stereocenters. The van der Waals surface area contributed by atoms with Gasteiger partial charge in [-0.1, -0.05) is 24.3 Å². The normalized spacial score (nSPS) is 15.5. The standard InChI is InChI=1S/C22H23NO3/c1-15-2-7-20-18(14-26-21(20)12-15)13-22(25)23-10-8-17(9-11-23)16-3-5-19(24)6-4-16/h2-7,12,14,17,24H,8-11,13H2,1H3. The average Bonchev–Trinajstić information content (AvgIpc) is 3.04. The van der Waals surface area contributed by atoms with E-state index in [4.69, 9.17) is 4.42 Å². The Labute approximate surface area is 153 Å². The van der Waals surface area contributed by atoms with Crippen LogP contribution in [-0.2, 0) is 11.2 Å². The number of aryl methyl sites for hydroxylation is 1. The van der Waals surface area contributed by atoms with Crippen LogP contribution in [0.25, 0.3) is 11.0 Å². The maximum atomic E-state index is 12.7. The fourth-order valence-corrected chi connectivity index (χ4v) is 3.81. The van der Waals surface area contributed by atoms with Crippen LogP contribution in [0.5, 0.6) is 5.75 Å². The zero-order valence-electron chi connectivity index (χ0n) is 14.9. The van der Waals surface area contributed by atoms with Gasteiger partial charge in [-0.05, 0) is 55.0 Å². The van der Waals surface area contributed by atoms with Gasteiger partial charge in [-0.25, -0.2) is 0 Å². The van der Waals surface area contributed by atoms with Crippen molar-refractivity contribution in [2.24, 2.45) is 0 Å². The Bertz CT molecular complexity index is 918. The van der Waals surface area contributed by atoms with Crippen molar-refractivity contribution in [2.75, 3.05) is 13.1 Å². The largest absolute Gasteiger partial charge is 0.508 e. The second-order valence-electron chi connectivity index (χ2n) is 7.18. The molecule has 134 valence electrons. The molecule has 4 nitrogen and oxygen atoms in total. The molecule has 0 radical (unpaired) electrons. The number of carbonyl (C=O) groups is 1. The van der Waals surface area contributed by atoms with Crippen LogP contribution in [0.15, 0.2) is 53.1 Å². The van der Waals surface area contributed by atoms with Gasteiger partial charge < -0.3 is 14.4 Å². The zero-order chi connectivity index (χ0) is 18.1.